The van der Waals surface area contributed by atoms with Crippen molar-refractivity contribution >= 4 is 0 Å². The molecule has 1 N–H and O–H groups in total. The SMILES string of the molecule is c1ccc(COC2CCCCC2N2CCNC3CCCC32)cc1. The molecule has 0 bridgehead atoms. The Balaban J connectivity index is 1.42. The largest absolute Gasteiger partial charge is 0.372 e. The minimum Gasteiger partial charge on any atom is -0.372 e. The van der Waals surface area contributed by atoms with Gasteiger partial charge in [0.15, 0.2) is 0 Å². The van der Waals surface area contributed by atoms with Crippen LogP contribution in [0.25, 0.3) is 0 Å². The van der Waals surface area contributed by atoms with Gasteiger partial charge in [-0.05, 0) is 31.2 Å². The van der Waals surface area contributed by atoms with Gasteiger partial charge in [0.05, 0.1) is 12.7 Å². The van der Waals surface area contributed by atoms with Crippen molar-refractivity contribution in [3.05, 3.63) is 35.9 Å². The summed E-state index contributed by atoms with van der Waals surface area (Å²) in [5.74, 6) is 0. The quantitative estimate of drug-likeness (QED) is 0.922. The molecule has 4 rings (SSSR count). The molecule has 3 heteroatoms. The zero-order chi connectivity index (χ0) is 15.5. The van der Waals surface area contributed by atoms with E-state index in [2.05, 4.69) is 40.5 Å². The minimum atomic E-state index is 0.420. The first-order chi connectivity index (χ1) is 11.4. The fourth-order valence-electron chi connectivity index (χ4n) is 4.96. The molecular formula is C20H30N2O. The summed E-state index contributed by atoms with van der Waals surface area (Å²) in [5.41, 5.74) is 1.30. The van der Waals surface area contributed by atoms with Crippen LogP contribution in [0, 0.1) is 0 Å². The molecule has 23 heavy (non-hydrogen) atoms. The third kappa shape index (κ3) is 3.47. The van der Waals surface area contributed by atoms with Crippen LogP contribution >= 0.6 is 0 Å². The zero-order valence-electron chi connectivity index (χ0n) is 14.1. The number of hydrogen-bond donors (Lipinski definition) is 1. The summed E-state index contributed by atoms with van der Waals surface area (Å²) in [5, 5.41) is 3.74. The van der Waals surface area contributed by atoms with Gasteiger partial charge >= 0.3 is 0 Å². The van der Waals surface area contributed by atoms with Crippen LogP contribution in [-0.4, -0.2) is 42.2 Å². The molecule has 126 valence electrons. The first-order valence-electron chi connectivity index (χ1n) is 9.56. The van der Waals surface area contributed by atoms with Gasteiger partial charge in [0.2, 0.25) is 0 Å². The van der Waals surface area contributed by atoms with Gasteiger partial charge < -0.3 is 10.1 Å². The van der Waals surface area contributed by atoms with Gasteiger partial charge in [0.1, 0.15) is 0 Å². The van der Waals surface area contributed by atoms with Crippen LogP contribution in [0.3, 0.4) is 0 Å². The van der Waals surface area contributed by atoms with Gasteiger partial charge in [-0.3, -0.25) is 4.90 Å². The molecule has 1 saturated heterocycles. The number of benzene rings is 1. The topological polar surface area (TPSA) is 24.5 Å². The number of ether oxygens (including phenoxy) is 1. The minimum absolute atomic E-state index is 0.420. The molecule has 2 saturated carbocycles. The molecule has 1 aliphatic heterocycles. The molecule has 0 amide bonds. The second-order valence-electron chi connectivity index (χ2n) is 7.48. The van der Waals surface area contributed by atoms with Gasteiger partial charge in [0.25, 0.3) is 0 Å². The first kappa shape index (κ1) is 15.6. The van der Waals surface area contributed by atoms with Crippen LogP contribution in [0.4, 0.5) is 0 Å². The Morgan fingerprint density at radius 3 is 2.70 bits per heavy atom. The van der Waals surface area contributed by atoms with E-state index in [1.807, 2.05) is 0 Å². The summed E-state index contributed by atoms with van der Waals surface area (Å²) < 4.78 is 6.42. The molecule has 3 aliphatic rings. The van der Waals surface area contributed by atoms with Crippen molar-refractivity contribution < 1.29 is 4.74 Å². The fourth-order valence-corrected chi connectivity index (χ4v) is 4.96. The molecule has 1 aromatic rings. The predicted molar refractivity (Wildman–Crippen MR) is 93.4 cm³/mol. The Morgan fingerprint density at radius 2 is 1.78 bits per heavy atom. The molecule has 3 fully saturated rings. The molecule has 2 aliphatic carbocycles. The lowest BCUT2D eigenvalue weighted by atomic mass is 9.89. The third-order valence-electron chi connectivity index (χ3n) is 6.08. The molecule has 0 radical (unpaired) electrons. The maximum Gasteiger partial charge on any atom is 0.0734 e. The summed E-state index contributed by atoms with van der Waals surface area (Å²) in [6.07, 6.45) is 9.81. The van der Waals surface area contributed by atoms with Gasteiger partial charge in [0, 0.05) is 31.2 Å². The van der Waals surface area contributed by atoms with Crippen LogP contribution in [0.15, 0.2) is 30.3 Å². The van der Waals surface area contributed by atoms with Crippen LogP contribution in [0.2, 0.25) is 0 Å². The zero-order valence-corrected chi connectivity index (χ0v) is 14.1. The summed E-state index contributed by atoms with van der Waals surface area (Å²) >= 11 is 0. The van der Waals surface area contributed by atoms with E-state index in [0.29, 0.717) is 12.1 Å². The Morgan fingerprint density at radius 1 is 0.957 bits per heavy atom. The molecule has 1 aromatic carbocycles. The Labute approximate surface area is 140 Å². The molecule has 0 aromatic heterocycles. The Hall–Kier alpha value is -0.900. The van der Waals surface area contributed by atoms with E-state index in [-0.39, 0.29) is 0 Å². The molecule has 4 unspecified atom stereocenters. The van der Waals surface area contributed by atoms with E-state index < -0.39 is 0 Å². The molecular weight excluding hydrogens is 284 g/mol. The van der Waals surface area contributed by atoms with Crippen LogP contribution in [0.5, 0.6) is 0 Å². The van der Waals surface area contributed by atoms with Crippen molar-refractivity contribution in [2.45, 2.75) is 75.8 Å². The highest BCUT2D eigenvalue weighted by Gasteiger charge is 2.41. The van der Waals surface area contributed by atoms with Crippen LogP contribution in [0.1, 0.15) is 50.5 Å². The molecule has 1 heterocycles. The fraction of sp³-hybridized carbons (Fsp3) is 0.700. The smallest absolute Gasteiger partial charge is 0.0734 e. The van der Waals surface area contributed by atoms with Gasteiger partial charge in [-0.1, -0.05) is 49.6 Å². The van der Waals surface area contributed by atoms with Crippen molar-refractivity contribution in [1.29, 1.82) is 0 Å². The highest BCUT2D eigenvalue weighted by atomic mass is 16.5. The second kappa shape index (κ2) is 7.33. The van der Waals surface area contributed by atoms with Crippen molar-refractivity contribution in [2.24, 2.45) is 0 Å². The number of nitrogens with one attached hydrogen (secondary N) is 1. The van der Waals surface area contributed by atoms with Crippen molar-refractivity contribution in [1.82, 2.24) is 10.2 Å². The second-order valence-corrected chi connectivity index (χ2v) is 7.48. The Kier molecular flexibility index (Phi) is 4.98. The average molecular weight is 314 g/mol. The first-order valence-corrected chi connectivity index (χ1v) is 9.56. The van der Waals surface area contributed by atoms with E-state index in [9.17, 15) is 0 Å². The van der Waals surface area contributed by atoms with E-state index in [0.717, 1.165) is 25.2 Å². The summed E-state index contributed by atoms with van der Waals surface area (Å²) in [4.78, 5) is 2.82. The van der Waals surface area contributed by atoms with Crippen molar-refractivity contribution in [3.63, 3.8) is 0 Å². The van der Waals surface area contributed by atoms with Gasteiger partial charge in [-0.15, -0.1) is 0 Å². The molecule has 3 nitrogen and oxygen atoms in total. The average Bonchev–Trinajstić information content (AvgIpc) is 3.10. The van der Waals surface area contributed by atoms with Crippen LogP contribution in [-0.2, 0) is 11.3 Å². The molecule has 4 atom stereocenters. The number of fused-ring (bicyclic) bond motifs is 1. The number of nitrogens with zero attached hydrogens (tertiary/aromatic N) is 1. The van der Waals surface area contributed by atoms with Crippen molar-refractivity contribution in [2.75, 3.05) is 13.1 Å². The third-order valence-corrected chi connectivity index (χ3v) is 6.08. The van der Waals surface area contributed by atoms with Crippen molar-refractivity contribution in [3.8, 4) is 0 Å². The maximum absolute atomic E-state index is 6.42. The maximum atomic E-state index is 6.42. The lowest BCUT2D eigenvalue weighted by molar-refractivity contribution is -0.0643. The van der Waals surface area contributed by atoms with Gasteiger partial charge in [-0.25, -0.2) is 0 Å². The lowest BCUT2D eigenvalue weighted by Crippen LogP contribution is -2.61. The molecule has 0 spiro atoms. The summed E-state index contributed by atoms with van der Waals surface area (Å²) in [6.45, 7) is 3.13. The number of rotatable bonds is 4. The normalized spacial score (nSPS) is 35.1. The van der Waals surface area contributed by atoms with Gasteiger partial charge in [-0.2, -0.15) is 0 Å². The van der Waals surface area contributed by atoms with E-state index in [1.54, 1.807) is 0 Å². The van der Waals surface area contributed by atoms with E-state index in [1.165, 1.54) is 57.1 Å². The monoisotopic (exact) mass is 314 g/mol. The summed E-state index contributed by atoms with van der Waals surface area (Å²) in [7, 11) is 0. The van der Waals surface area contributed by atoms with E-state index in [4.69, 9.17) is 4.74 Å². The Bertz CT molecular complexity index is 492. The highest BCUT2D eigenvalue weighted by Crippen LogP contribution is 2.34. The van der Waals surface area contributed by atoms with E-state index >= 15 is 0 Å². The summed E-state index contributed by atoms with van der Waals surface area (Å²) in [6, 6.07) is 12.8. The highest BCUT2D eigenvalue weighted by molar-refractivity contribution is 5.13. The standard InChI is InChI=1S/C20H30N2O/c1-2-7-16(8-3-1)15-23-20-12-5-4-10-19(20)22-14-13-21-17-9-6-11-18(17)22/h1-3,7-8,17-21H,4-6,9-15H2. The van der Waals surface area contributed by atoms with Crippen LogP contribution < -0.4 is 5.32 Å². The predicted octanol–water partition coefficient (Wildman–Crippen LogP) is 3.34. The lowest BCUT2D eigenvalue weighted by Gasteiger charge is -2.47. The number of piperazine rings is 1. The number of hydrogen-bond acceptors (Lipinski definition) is 3.